The lowest BCUT2D eigenvalue weighted by Gasteiger charge is -2.34. The fourth-order valence-electron chi connectivity index (χ4n) is 5.51. The van der Waals surface area contributed by atoms with Crippen LogP contribution in [0, 0.1) is 17.3 Å². The van der Waals surface area contributed by atoms with E-state index in [4.69, 9.17) is 9.47 Å². The number of epoxide rings is 1. The zero-order chi connectivity index (χ0) is 26.3. The number of ketones is 1. The predicted molar refractivity (Wildman–Crippen MR) is 136 cm³/mol. The molecule has 1 aromatic heterocycles. The lowest BCUT2D eigenvalue weighted by atomic mass is 9.73. The lowest BCUT2D eigenvalue weighted by molar-refractivity contribution is -0.156. The van der Waals surface area contributed by atoms with E-state index >= 15 is 0 Å². The Labute approximate surface area is 213 Å². The summed E-state index contributed by atoms with van der Waals surface area (Å²) in [5.41, 5.74) is 0.180. The number of hydrogen-bond donors (Lipinski definition) is 2. The molecule has 0 amide bonds. The molecule has 2 saturated heterocycles. The van der Waals surface area contributed by atoms with E-state index in [2.05, 4.69) is 11.9 Å². The van der Waals surface area contributed by atoms with Gasteiger partial charge in [-0.15, -0.1) is 0 Å². The molecule has 7 nitrogen and oxygen atoms in total. The molecule has 0 spiro atoms. The Morgan fingerprint density at radius 2 is 1.83 bits per heavy atom. The van der Waals surface area contributed by atoms with E-state index in [1.165, 1.54) is 0 Å². The second kappa shape index (κ2) is 10.2. The van der Waals surface area contributed by atoms with Crippen molar-refractivity contribution in [2.24, 2.45) is 17.3 Å². The lowest BCUT2D eigenvalue weighted by Crippen LogP contribution is -2.45. The van der Waals surface area contributed by atoms with Gasteiger partial charge in [0.05, 0.1) is 41.3 Å². The third-order valence-electron chi connectivity index (χ3n) is 8.41. The van der Waals surface area contributed by atoms with E-state index in [1.54, 1.807) is 27.0 Å². The van der Waals surface area contributed by atoms with Crippen LogP contribution in [-0.4, -0.2) is 50.9 Å². The maximum Gasteiger partial charge on any atom is 0.309 e. The van der Waals surface area contributed by atoms with Gasteiger partial charge in [-0.05, 0) is 49.4 Å². The molecule has 196 valence electrons. The molecular formula is C29H39NO6. The van der Waals surface area contributed by atoms with Crippen molar-refractivity contribution in [3.63, 3.8) is 0 Å². The van der Waals surface area contributed by atoms with E-state index in [9.17, 15) is 19.8 Å². The summed E-state index contributed by atoms with van der Waals surface area (Å²) in [5, 5.41) is 22.7. The van der Waals surface area contributed by atoms with Crippen molar-refractivity contribution in [2.75, 3.05) is 0 Å². The number of aromatic nitrogens is 1. The van der Waals surface area contributed by atoms with Crippen molar-refractivity contribution >= 4 is 22.7 Å². The van der Waals surface area contributed by atoms with E-state index in [-0.39, 0.29) is 29.8 Å². The second-order valence-electron chi connectivity index (χ2n) is 11.5. The summed E-state index contributed by atoms with van der Waals surface area (Å²) in [4.78, 5) is 30.7. The first-order chi connectivity index (χ1) is 16.9. The summed E-state index contributed by atoms with van der Waals surface area (Å²) < 4.78 is 12.0. The molecule has 2 aliphatic heterocycles. The first kappa shape index (κ1) is 26.7. The van der Waals surface area contributed by atoms with Crippen LogP contribution in [0.2, 0.25) is 0 Å². The summed E-state index contributed by atoms with van der Waals surface area (Å²) >= 11 is 0. The molecule has 2 aromatic rings. The first-order valence-corrected chi connectivity index (χ1v) is 13.0. The van der Waals surface area contributed by atoms with Gasteiger partial charge in [-0.1, -0.05) is 46.2 Å². The van der Waals surface area contributed by atoms with Gasteiger partial charge in [0.1, 0.15) is 11.9 Å². The SMILES string of the molecule is CC1CCCC2(C)OC2CC(c2ccc3ncccc3c2)OC(=O)CC(O)C(C)(C)C(=O)C(C)C1O. The van der Waals surface area contributed by atoms with Gasteiger partial charge in [0.15, 0.2) is 0 Å². The van der Waals surface area contributed by atoms with Gasteiger partial charge < -0.3 is 19.7 Å². The maximum atomic E-state index is 13.3. The number of esters is 1. The Morgan fingerprint density at radius 3 is 2.58 bits per heavy atom. The molecule has 0 radical (unpaired) electrons. The first-order valence-electron chi connectivity index (χ1n) is 13.0. The number of aliphatic hydroxyl groups excluding tert-OH is 2. The topological polar surface area (TPSA) is 109 Å². The van der Waals surface area contributed by atoms with Crippen molar-refractivity contribution in [1.29, 1.82) is 0 Å². The van der Waals surface area contributed by atoms with E-state index < -0.39 is 35.6 Å². The average molecular weight is 498 g/mol. The third kappa shape index (κ3) is 5.48. The monoisotopic (exact) mass is 497 g/mol. The highest BCUT2D eigenvalue weighted by molar-refractivity contribution is 5.88. The van der Waals surface area contributed by atoms with Crippen LogP contribution in [0.1, 0.15) is 78.4 Å². The van der Waals surface area contributed by atoms with Crippen LogP contribution >= 0.6 is 0 Å². The summed E-state index contributed by atoms with van der Waals surface area (Å²) in [7, 11) is 0. The van der Waals surface area contributed by atoms with Crippen LogP contribution < -0.4 is 0 Å². The van der Waals surface area contributed by atoms with Crippen LogP contribution in [0.25, 0.3) is 10.9 Å². The molecule has 2 N–H and O–H groups in total. The Hall–Kier alpha value is -2.35. The molecule has 3 heterocycles. The van der Waals surface area contributed by atoms with Crippen molar-refractivity contribution in [3.8, 4) is 0 Å². The van der Waals surface area contributed by atoms with E-state index in [0.29, 0.717) is 6.42 Å². The molecule has 2 aliphatic rings. The number of nitrogens with zero attached hydrogens (tertiary/aromatic N) is 1. The number of cyclic esters (lactones) is 1. The van der Waals surface area contributed by atoms with E-state index in [1.807, 2.05) is 37.3 Å². The van der Waals surface area contributed by atoms with Crippen LogP contribution in [0.3, 0.4) is 0 Å². The number of carbonyl (C=O) groups excluding carboxylic acids is 2. The molecule has 0 saturated carbocycles. The van der Waals surface area contributed by atoms with Crippen LogP contribution in [-0.2, 0) is 19.1 Å². The van der Waals surface area contributed by atoms with Gasteiger partial charge in [-0.2, -0.15) is 0 Å². The zero-order valence-corrected chi connectivity index (χ0v) is 21.9. The minimum atomic E-state index is -1.24. The average Bonchev–Trinajstić information content (AvgIpc) is 3.49. The molecule has 0 bridgehead atoms. The highest BCUT2D eigenvalue weighted by Gasteiger charge is 2.53. The van der Waals surface area contributed by atoms with Gasteiger partial charge >= 0.3 is 5.97 Å². The minimum absolute atomic E-state index is 0.0603. The van der Waals surface area contributed by atoms with Gasteiger partial charge in [0.25, 0.3) is 0 Å². The summed E-state index contributed by atoms with van der Waals surface area (Å²) in [6, 6.07) is 9.64. The largest absolute Gasteiger partial charge is 0.457 e. The molecule has 2 fully saturated rings. The van der Waals surface area contributed by atoms with Crippen molar-refractivity contribution in [1.82, 2.24) is 4.98 Å². The third-order valence-corrected chi connectivity index (χ3v) is 8.41. The number of ether oxygens (including phenoxy) is 2. The van der Waals surface area contributed by atoms with E-state index in [0.717, 1.165) is 35.7 Å². The summed E-state index contributed by atoms with van der Waals surface area (Å²) in [6.45, 7) is 8.98. The maximum absolute atomic E-state index is 13.3. The van der Waals surface area contributed by atoms with Gasteiger partial charge in [0.2, 0.25) is 0 Å². The van der Waals surface area contributed by atoms with Crippen LogP contribution in [0.15, 0.2) is 36.5 Å². The number of carbonyl (C=O) groups is 2. The minimum Gasteiger partial charge on any atom is -0.457 e. The number of Topliss-reactive ketones (excluding diaryl/α,β-unsaturated/α-hetero) is 1. The van der Waals surface area contributed by atoms with Gasteiger partial charge in [0, 0.05) is 23.9 Å². The number of fused-ring (bicyclic) bond motifs is 2. The van der Waals surface area contributed by atoms with Gasteiger partial charge in [-0.3, -0.25) is 14.6 Å². The number of hydrogen-bond acceptors (Lipinski definition) is 7. The highest BCUT2D eigenvalue weighted by atomic mass is 16.6. The zero-order valence-electron chi connectivity index (χ0n) is 21.9. The quantitative estimate of drug-likeness (QED) is 0.440. The molecule has 1 aromatic carbocycles. The van der Waals surface area contributed by atoms with Crippen molar-refractivity contribution < 1.29 is 29.3 Å². The Kier molecular flexibility index (Phi) is 7.56. The molecule has 7 atom stereocenters. The smallest absolute Gasteiger partial charge is 0.309 e. The van der Waals surface area contributed by atoms with Crippen molar-refractivity contribution in [3.05, 3.63) is 42.1 Å². The van der Waals surface area contributed by atoms with Crippen molar-refractivity contribution in [2.45, 2.75) is 96.7 Å². The normalized spacial score (nSPS) is 36.2. The summed E-state index contributed by atoms with van der Waals surface area (Å²) in [6.07, 6.45) is 1.70. The number of rotatable bonds is 1. The Bertz CT molecular complexity index is 1120. The highest BCUT2D eigenvalue weighted by Crippen LogP contribution is 2.46. The second-order valence-corrected chi connectivity index (χ2v) is 11.5. The van der Waals surface area contributed by atoms with Gasteiger partial charge in [-0.25, -0.2) is 0 Å². The van der Waals surface area contributed by atoms with Crippen LogP contribution in [0.5, 0.6) is 0 Å². The molecule has 4 rings (SSSR count). The molecule has 36 heavy (non-hydrogen) atoms. The predicted octanol–water partition coefficient (Wildman–Crippen LogP) is 4.53. The molecule has 7 unspecified atom stereocenters. The molecule has 7 heteroatoms. The molecular weight excluding hydrogens is 458 g/mol. The molecule has 0 aliphatic carbocycles. The summed E-state index contributed by atoms with van der Waals surface area (Å²) in [5.74, 6) is -1.57. The fraction of sp³-hybridized carbons (Fsp3) is 0.621. The number of aliphatic hydroxyl groups is 2. The fourth-order valence-corrected chi connectivity index (χ4v) is 5.51. The Balaban J connectivity index is 1.62. The number of benzene rings is 1. The number of pyridine rings is 1. The standard InChI is InChI=1S/C29H39NO6/c1-17-8-6-12-29(5)24(36-29)15-22(20-10-11-21-19(14-20)9-7-13-30-21)35-25(32)16-23(31)28(3,4)27(34)18(2)26(17)33/h7,9-11,13-14,17-18,22-24,26,31,33H,6,8,12,15-16H2,1-5H3. The Morgan fingerprint density at radius 1 is 1.08 bits per heavy atom. The van der Waals surface area contributed by atoms with Crippen LogP contribution in [0.4, 0.5) is 0 Å².